The predicted octanol–water partition coefficient (Wildman–Crippen LogP) is 2.88. The maximum Gasteiger partial charge on any atom is 0.121 e. The minimum atomic E-state index is -0.448. The molecule has 0 aromatic heterocycles. The number of nitrogens with zero attached hydrogens (tertiary/aromatic N) is 1. The molecule has 0 aliphatic rings. The Balaban J connectivity index is 0.00000144. The average Bonchev–Trinajstić information content (AvgIpc) is 2.29. The summed E-state index contributed by atoms with van der Waals surface area (Å²) in [5.74, 6) is 0.154. The van der Waals surface area contributed by atoms with Crippen LogP contribution in [-0.2, 0) is 0 Å². The molecule has 0 radical (unpaired) electrons. The first kappa shape index (κ1) is 13.3. The summed E-state index contributed by atoms with van der Waals surface area (Å²) in [5, 5.41) is 20.4. The summed E-state index contributed by atoms with van der Waals surface area (Å²) in [6.45, 7) is 0. The Labute approximate surface area is 106 Å². The van der Waals surface area contributed by atoms with Crippen LogP contribution in [0.25, 0.3) is 10.8 Å². The van der Waals surface area contributed by atoms with E-state index >= 15 is 0 Å². The zero-order valence-electron chi connectivity index (χ0n) is 9.13. The molecule has 17 heavy (non-hydrogen) atoms. The van der Waals surface area contributed by atoms with Gasteiger partial charge in [0.2, 0.25) is 0 Å². The van der Waals surface area contributed by atoms with Crippen molar-refractivity contribution < 1.29 is 5.11 Å². The first-order chi connectivity index (χ1) is 7.74. The van der Waals surface area contributed by atoms with Gasteiger partial charge in [0.05, 0.1) is 12.5 Å². The largest absolute Gasteiger partial charge is 0.508 e. The topological polar surface area (TPSA) is 70.0 Å². The fraction of sp³-hybridized carbons (Fsp3) is 0.154. The number of hydrogen-bond acceptors (Lipinski definition) is 3. The second-order valence-electron chi connectivity index (χ2n) is 3.69. The van der Waals surface area contributed by atoms with E-state index in [1.165, 1.54) is 0 Å². The van der Waals surface area contributed by atoms with Crippen molar-refractivity contribution in [1.82, 2.24) is 0 Å². The SMILES string of the molecule is Cl.N#CC[C@@H](N)c1c(O)ccc2ccccc12. The van der Waals surface area contributed by atoms with Crippen LogP contribution in [0.4, 0.5) is 0 Å². The molecule has 0 unspecified atom stereocenters. The second-order valence-corrected chi connectivity index (χ2v) is 3.69. The van der Waals surface area contributed by atoms with Crippen LogP contribution in [0, 0.1) is 11.3 Å². The Bertz CT molecular complexity index is 563. The van der Waals surface area contributed by atoms with Crippen LogP contribution in [0.5, 0.6) is 5.75 Å². The van der Waals surface area contributed by atoms with Crippen LogP contribution >= 0.6 is 12.4 Å². The van der Waals surface area contributed by atoms with Gasteiger partial charge in [0, 0.05) is 11.6 Å². The van der Waals surface area contributed by atoms with Crippen molar-refractivity contribution in [3.63, 3.8) is 0 Å². The van der Waals surface area contributed by atoms with E-state index in [2.05, 4.69) is 0 Å². The molecule has 0 aliphatic carbocycles. The number of rotatable bonds is 2. The molecule has 4 heteroatoms. The number of phenols is 1. The van der Waals surface area contributed by atoms with Crippen molar-refractivity contribution in [3.8, 4) is 11.8 Å². The highest BCUT2D eigenvalue weighted by Crippen LogP contribution is 2.32. The molecule has 2 aromatic rings. The molecule has 0 spiro atoms. The van der Waals surface area contributed by atoms with Gasteiger partial charge in [-0.3, -0.25) is 0 Å². The van der Waals surface area contributed by atoms with Gasteiger partial charge in [-0.05, 0) is 16.8 Å². The lowest BCUT2D eigenvalue weighted by molar-refractivity contribution is 0.463. The fourth-order valence-corrected chi connectivity index (χ4v) is 1.87. The van der Waals surface area contributed by atoms with Crippen molar-refractivity contribution in [2.24, 2.45) is 5.73 Å². The molecular weight excluding hydrogens is 236 g/mol. The second kappa shape index (κ2) is 5.53. The highest BCUT2D eigenvalue weighted by molar-refractivity contribution is 5.88. The first-order valence-electron chi connectivity index (χ1n) is 5.07. The molecule has 2 aromatic carbocycles. The van der Waals surface area contributed by atoms with E-state index in [1.807, 2.05) is 36.4 Å². The third-order valence-electron chi connectivity index (χ3n) is 2.63. The van der Waals surface area contributed by atoms with Crippen molar-refractivity contribution in [2.45, 2.75) is 12.5 Å². The lowest BCUT2D eigenvalue weighted by Gasteiger charge is -2.13. The van der Waals surface area contributed by atoms with Gasteiger partial charge in [-0.2, -0.15) is 5.26 Å². The Morgan fingerprint density at radius 2 is 1.94 bits per heavy atom. The molecule has 0 amide bonds. The van der Waals surface area contributed by atoms with Gasteiger partial charge in [-0.25, -0.2) is 0 Å². The molecule has 88 valence electrons. The Kier molecular flexibility index (Phi) is 4.33. The fourth-order valence-electron chi connectivity index (χ4n) is 1.87. The molecule has 0 saturated carbocycles. The van der Waals surface area contributed by atoms with E-state index in [4.69, 9.17) is 11.0 Å². The van der Waals surface area contributed by atoms with Crippen LogP contribution in [-0.4, -0.2) is 5.11 Å². The number of halogens is 1. The third kappa shape index (κ3) is 2.50. The summed E-state index contributed by atoms with van der Waals surface area (Å²) in [4.78, 5) is 0. The van der Waals surface area contributed by atoms with Gasteiger partial charge in [-0.1, -0.05) is 30.3 Å². The maximum absolute atomic E-state index is 9.82. The van der Waals surface area contributed by atoms with Gasteiger partial charge >= 0.3 is 0 Å². The van der Waals surface area contributed by atoms with E-state index in [9.17, 15) is 5.11 Å². The predicted molar refractivity (Wildman–Crippen MR) is 70.0 cm³/mol. The van der Waals surface area contributed by atoms with E-state index in [1.54, 1.807) is 6.07 Å². The van der Waals surface area contributed by atoms with Crippen LogP contribution in [0.3, 0.4) is 0 Å². The summed E-state index contributed by atoms with van der Waals surface area (Å²) >= 11 is 0. The van der Waals surface area contributed by atoms with Gasteiger partial charge in [0.15, 0.2) is 0 Å². The number of benzene rings is 2. The van der Waals surface area contributed by atoms with Crippen LogP contribution in [0.1, 0.15) is 18.0 Å². The summed E-state index contributed by atoms with van der Waals surface area (Å²) in [6, 6.07) is 12.7. The van der Waals surface area contributed by atoms with Crippen LogP contribution in [0.2, 0.25) is 0 Å². The summed E-state index contributed by atoms with van der Waals surface area (Å²) in [7, 11) is 0. The monoisotopic (exact) mass is 248 g/mol. The lowest BCUT2D eigenvalue weighted by Crippen LogP contribution is -2.10. The zero-order chi connectivity index (χ0) is 11.5. The summed E-state index contributed by atoms with van der Waals surface area (Å²) < 4.78 is 0. The quantitative estimate of drug-likeness (QED) is 0.859. The molecule has 0 aliphatic heterocycles. The molecule has 3 nitrogen and oxygen atoms in total. The Morgan fingerprint density at radius 3 is 2.65 bits per heavy atom. The normalized spacial score (nSPS) is 11.5. The van der Waals surface area contributed by atoms with Crippen molar-refractivity contribution >= 4 is 23.2 Å². The van der Waals surface area contributed by atoms with Gasteiger partial charge in [-0.15, -0.1) is 12.4 Å². The lowest BCUT2D eigenvalue weighted by atomic mass is 9.96. The van der Waals surface area contributed by atoms with Crippen LogP contribution < -0.4 is 5.73 Å². The highest BCUT2D eigenvalue weighted by atomic mass is 35.5. The van der Waals surface area contributed by atoms with Crippen molar-refractivity contribution in [3.05, 3.63) is 42.0 Å². The van der Waals surface area contributed by atoms with Crippen molar-refractivity contribution in [1.29, 1.82) is 5.26 Å². The number of nitrogens with two attached hydrogens (primary N) is 1. The van der Waals surface area contributed by atoms with E-state index in [-0.39, 0.29) is 24.6 Å². The highest BCUT2D eigenvalue weighted by Gasteiger charge is 2.13. The molecule has 0 saturated heterocycles. The Hall–Kier alpha value is -1.76. The molecule has 0 bridgehead atoms. The number of phenolic OH excluding ortho intramolecular Hbond substituents is 1. The van der Waals surface area contributed by atoms with Crippen molar-refractivity contribution in [2.75, 3.05) is 0 Å². The van der Waals surface area contributed by atoms with Crippen LogP contribution in [0.15, 0.2) is 36.4 Å². The Morgan fingerprint density at radius 1 is 1.24 bits per heavy atom. The first-order valence-corrected chi connectivity index (χ1v) is 5.07. The van der Waals surface area contributed by atoms with Gasteiger partial charge < -0.3 is 10.8 Å². The number of hydrogen-bond donors (Lipinski definition) is 2. The minimum Gasteiger partial charge on any atom is -0.508 e. The molecule has 2 rings (SSSR count). The summed E-state index contributed by atoms with van der Waals surface area (Å²) in [6.07, 6.45) is 0.196. The maximum atomic E-state index is 9.82. The summed E-state index contributed by atoms with van der Waals surface area (Å²) in [5.41, 5.74) is 6.54. The molecule has 3 N–H and O–H groups in total. The van der Waals surface area contributed by atoms with Gasteiger partial charge in [0.1, 0.15) is 5.75 Å². The molecule has 0 heterocycles. The van der Waals surface area contributed by atoms with E-state index in [0.29, 0.717) is 5.56 Å². The number of aromatic hydroxyl groups is 1. The molecule has 1 atom stereocenters. The standard InChI is InChI=1S/C13H12N2O.ClH/c14-8-7-11(15)13-10-4-2-1-3-9(10)5-6-12(13)16;/h1-6,11,16H,7,15H2;1H/t11-;/m1./s1. The van der Waals surface area contributed by atoms with Gasteiger partial charge in [0.25, 0.3) is 0 Å². The smallest absolute Gasteiger partial charge is 0.121 e. The van der Waals surface area contributed by atoms with E-state index < -0.39 is 6.04 Å². The zero-order valence-corrected chi connectivity index (χ0v) is 9.95. The average molecular weight is 249 g/mol. The minimum absolute atomic E-state index is 0. The molecular formula is C13H13ClN2O. The number of nitriles is 1. The third-order valence-corrected chi connectivity index (χ3v) is 2.63. The van der Waals surface area contributed by atoms with E-state index in [0.717, 1.165) is 10.8 Å². The number of fused-ring (bicyclic) bond motifs is 1. The molecule has 0 fully saturated rings.